The lowest BCUT2D eigenvalue weighted by atomic mass is 9.89. The van der Waals surface area contributed by atoms with Crippen molar-refractivity contribution in [2.75, 3.05) is 18.2 Å². The number of nitrogens with zero attached hydrogens (tertiary/aromatic N) is 5. The number of anilines is 3. The number of pyridine rings is 2. The van der Waals surface area contributed by atoms with Gasteiger partial charge in [0.25, 0.3) is 11.5 Å². The van der Waals surface area contributed by atoms with Crippen LogP contribution in [-0.2, 0) is 4.74 Å². The summed E-state index contributed by atoms with van der Waals surface area (Å²) >= 11 is 0. The predicted octanol–water partition coefficient (Wildman–Crippen LogP) is 1.51. The molecule has 11 heteroatoms. The van der Waals surface area contributed by atoms with Crippen molar-refractivity contribution >= 4 is 28.9 Å². The van der Waals surface area contributed by atoms with Crippen molar-refractivity contribution in [1.29, 1.82) is 0 Å². The third-order valence-electron chi connectivity index (χ3n) is 5.68. The highest BCUT2D eigenvalue weighted by Gasteiger charge is 2.33. The Morgan fingerprint density at radius 3 is 2.85 bits per heavy atom. The summed E-state index contributed by atoms with van der Waals surface area (Å²) in [6.07, 6.45) is 6.43. The largest absolute Gasteiger partial charge is 0.383 e. The van der Waals surface area contributed by atoms with Gasteiger partial charge in [0.15, 0.2) is 5.65 Å². The van der Waals surface area contributed by atoms with Crippen molar-refractivity contribution in [3.8, 4) is 5.82 Å². The molecule has 11 nitrogen and oxygen atoms in total. The molecule has 33 heavy (non-hydrogen) atoms. The lowest BCUT2D eigenvalue weighted by molar-refractivity contribution is 0.00732. The molecule has 1 aliphatic rings. The van der Waals surface area contributed by atoms with Gasteiger partial charge in [0.2, 0.25) is 0 Å². The molecule has 5 rings (SSSR count). The van der Waals surface area contributed by atoms with Gasteiger partial charge in [-0.25, -0.2) is 9.97 Å². The maximum atomic E-state index is 13.0. The number of fused-ring (bicyclic) bond motifs is 1. The summed E-state index contributed by atoms with van der Waals surface area (Å²) in [5.74, 6) is 0.761. The number of carbonyl (C=O) groups is 1. The molecular formula is C22H22N8O3. The predicted molar refractivity (Wildman–Crippen MR) is 122 cm³/mol. The molecule has 1 aliphatic carbocycles. The molecule has 0 radical (unpaired) electrons. The molecule has 1 amide bonds. The number of hydrogen-bond donors (Lipinski definition) is 3. The van der Waals surface area contributed by atoms with Gasteiger partial charge >= 0.3 is 0 Å². The summed E-state index contributed by atoms with van der Waals surface area (Å²) in [5, 5.41) is 10.1. The highest BCUT2D eigenvalue weighted by Crippen LogP contribution is 2.24. The van der Waals surface area contributed by atoms with E-state index in [0.717, 1.165) is 12.8 Å². The van der Waals surface area contributed by atoms with Gasteiger partial charge in [-0.1, -0.05) is 6.07 Å². The summed E-state index contributed by atoms with van der Waals surface area (Å²) in [6, 6.07) is 10.2. The minimum Gasteiger partial charge on any atom is -0.383 e. The molecule has 4 heterocycles. The lowest BCUT2D eigenvalue weighted by Crippen LogP contribution is -2.51. The molecule has 168 valence electrons. The summed E-state index contributed by atoms with van der Waals surface area (Å²) in [5.41, 5.74) is 6.68. The van der Waals surface area contributed by atoms with Crippen LogP contribution in [0.1, 0.15) is 23.2 Å². The zero-order chi connectivity index (χ0) is 22.9. The molecule has 0 unspecified atom stereocenters. The normalized spacial score (nSPS) is 17.5. The maximum Gasteiger partial charge on any atom is 0.279 e. The minimum atomic E-state index is -0.307. The second-order valence-electron chi connectivity index (χ2n) is 7.70. The Kier molecular flexibility index (Phi) is 5.23. The number of nitrogen functional groups attached to an aromatic ring is 1. The van der Waals surface area contributed by atoms with Crippen LogP contribution in [0.3, 0.4) is 0 Å². The van der Waals surface area contributed by atoms with Crippen molar-refractivity contribution in [2.45, 2.75) is 25.0 Å². The number of nitrogens with two attached hydrogens (primary N) is 1. The van der Waals surface area contributed by atoms with E-state index < -0.39 is 0 Å². The van der Waals surface area contributed by atoms with Crippen LogP contribution < -0.4 is 21.9 Å². The van der Waals surface area contributed by atoms with Gasteiger partial charge in [-0.05, 0) is 37.1 Å². The number of carbonyl (C=O) groups excluding carboxylic acids is 1. The van der Waals surface area contributed by atoms with E-state index in [0.29, 0.717) is 11.6 Å². The number of rotatable bonds is 6. The molecule has 0 bridgehead atoms. The first kappa shape index (κ1) is 20.6. The summed E-state index contributed by atoms with van der Waals surface area (Å²) < 4.78 is 8.15. The number of nitrogens with one attached hydrogen (secondary N) is 2. The zero-order valence-electron chi connectivity index (χ0n) is 17.8. The Balaban J connectivity index is 1.46. The van der Waals surface area contributed by atoms with E-state index in [4.69, 9.17) is 10.5 Å². The van der Waals surface area contributed by atoms with E-state index in [1.165, 1.54) is 15.3 Å². The smallest absolute Gasteiger partial charge is 0.279 e. The monoisotopic (exact) mass is 446 g/mol. The van der Waals surface area contributed by atoms with Crippen LogP contribution in [0, 0.1) is 0 Å². The van der Waals surface area contributed by atoms with Crippen molar-refractivity contribution in [3.05, 3.63) is 70.9 Å². The third-order valence-corrected chi connectivity index (χ3v) is 5.68. The van der Waals surface area contributed by atoms with Crippen LogP contribution in [0.2, 0.25) is 0 Å². The summed E-state index contributed by atoms with van der Waals surface area (Å²) in [4.78, 5) is 34.5. The Labute approximate surface area is 188 Å². The van der Waals surface area contributed by atoms with Gasteiger partial charge in [-0.3, -0.25) is 14.2 Å². The van der Waals surface area contributed by atoms with Gasteiger partial charge < -0.3 is 21.1 Å². The van der Waals surface area contributed by atoms with Crippen LogP contribution in [0.25, 0.3) is 11.5 Å². The Bertz CT molecular complexity index is 1380. The van der Waals surface area contributed by atoms with Gasteiger partial charge in [-0.15, -0.1) is 0 Å². The first-order valence-electron chi connectivity index (χ1n) is 10.4. The van der Waals surface area contributed by atoms with Crippen molar-refractivity contribution in [2.24, 2.45) is 0 Å². The molecular weight excluding hydrogens is 424 g/mol. The molecule has 4 aromatic rings. The number of aromatic nitrogens is 5. The molecule has 2 atom stereocenters. The topological polar surface area (TPSA) is 141 Å². The van der Waals surface area contributed by atoms with Crippen LogP contribution in [-0.4, -0.2) is 49.3 Å². The van der Waals surface area contributed by atoms with Crippen molar-refractivity contribution in [3.63, 3.8) is 0 Å². The van der Waals surface area contributed by atoms with E-state index >= 15 is 0 Å². The Morgan fingerprint density at radius 1 is 1.24 bits per heavy atom. The number of hydrogen-bond acceptors (Lipinski definition) is 8. The zero-order valence-corrected chi connectivity index (χ0v) is 17.8. The number of amides is 1. The second kappa shape index (κ2) is 8.36. The van der Waals surface area contributed by atoms with Crippen LogP contribution >= 0.6 is 0 Å². The third kappa shape index (κ3) is 3.78. The van der Waals surface area contributed by atoms with Crippen LogP contribution in [0.5, 0.6) is 0 Å². The van der Waals surface area contributed by atoms with Gasteiger partial charge in [-0.2, -0.15) is 9.61 Å². The van der Waals surface area contributed by atoms with Crippen molar-refractivity contribution in [1.82, 2.24) is 29.5 Å². The summed E-state index contributed by atoms with van der Waals surface area (Å²) in [7, 11) is 1.63. The van der Waals surface area contributed by atoms with E-state index in [-0.39, 0.29) is 46.3 Å². The average molecular weight is 446 g/mol. The van der Waals surface area contributed by atoms with Crippen molar-refractivity contribution < 1.29 is 9.53 Å². The molecule has 1 saturated carbocycles. The van der Waals surface area contributed by atoms with Gasteiger partial charge in [0, 0.05) is 25.6 Å². The van der Waals surface area contributed by atoms with E-state index in [9.17, 15) is 9.59 Å². The molecule has 0 saturated heterocycles. The average Bonchev–Trinajstić information content (AvgIpc) is 3.24. The lowest BCUT2D eigenvalue weighted by Gasteiger charge is -2.35. The second-order valence-corrected chi connectivity index (χ2v) is 7.70. The van der Waals surface area contributed by atoms with Crippen LogP contribution in [0.15, 0.2) is 59.8 Å². The molecule has 0 spiro atoms. The summed E-state index contributed by atoms with van der Waals surface area (Å²) in [6.45, 7) is 0. The molecule has 4 aromatic heterocycles. The highest BCUT2D eigenvalue weighted by atomic mass is 16.5. The van der Waals surface area contributed by atoms with Gasteiger partial charge in [0.05, 0.1) is 18.3 Å². The van der Waals surface area contributed by atoms with E-state index in [2.05, 4.69) is 25.7 Å². The number of ether oxygens (including phenoxy) is 1. The Hall–Kier alpha value is -4.25. The first-order chi connectivity index (χ1) is 16.0. The van der Waals surface area contributed by atoms with E-state index in [1.54, 1.807) is 55.9 Å². The highest BCUT2D eigenvalue weighted by molar-refractivity contribution is 6.00. The quantitative estimate of drug-likeness (QED) is 0.405. The molecule has 0 aromatic carbocycles. The van der Waals surface area contributed by atoms with E-state index in [1.807, 2.05) is 0 Å². The minimum absolute atomic E-state index is 0.00500. The fourth-order valence-electron chi connectivity index (χ4n) is 3.78. The first-order valence-corrected chi connectivity index (χ1v) is 10.4. The standard InChI is InChI=1S/C22H22N8O3/c1-33-16-8-7-14(16)27-21(31)13-12-25-30-17(23)11-18(28-20(13)30)26-15-5-4-10-29(22(15)32)19-6-2-3-9-24-19/h2-6,9-12,14,16H,7-8,23H2,1H3,(H,26,28)(H,27,31)/t14-,16-/m0/s1. The molecule has 1 fully saturated rings. The molecule has 0 aliphatic heterocycles. The fraction of sp³-hybridized carbons (Fsp3) is 0.227. The molecule has 4 N–H and O–H groups in total. The fourth-order valence-corrected chi connectivity index (χ4v) is 3.78. The number of methoxy groups -OCH3 is 1. The Morgan fingerprint density at radius 2 is 2.12 bits per heavy atom. The van der Waals surface area contributed by atoms with Crippen LogP contribution in [0.4, 0.5) is 17.3 Å². The van der Waals surface area contributed by atoms with Gasteiger partial charge in [0.1, 0.15) is 28.7 Å². The maximum absolute atomic E-state index is 13.0. The SMILES string of the molecule is CO[C@H]1CC[C@@H]1NC(=O)c1cnn2c(N)cc(Nc3cccn(-c4ccccn4)c3=O)nc12.